The zero-order valence-corrected chi connectivity index (χ0v) is 9.96. The topological polar surface area (TPSA) is 85.1 Å². The van der Waals surface area contributed by atoms with Crippen molar-refractivity contribution in [2.45, 2.75) is 19.9 Å². The molecule has 1 saturated heterocycles. The fourth-order valence-corrected chi connectivity index (χ4v) is 3.70. The van der Waals surface area contributed by atoms with Crippen LogP contribution >= 0.6 is 0 Å². The average Bonchev–Trinajstić information content (AvgIpc) is 2.74. The van der Waals surface area contributed by atoms with Crippen LogP contribution in [0, 0.1) is 12.8 Å². The van der Waals surface area contributed by atoms with Gasteiger partial charge in [-0.3, -0.25) is 0 Å². The van der Waals surface area contributed by atoms with Crippen LogP contribution in [0.25, 0.3) is 0 Å². The predicted molar refractivity (Wildman–Crippen MR) is 57.5 cm³/mol. The lowest BCUT2D eigenvalue weighted by atomic mass is 10.1. The van der Waals surface area contributed by atoms with Gasteiger partial charge in [0, 0.05) is 6.54 Å². The molecule has 0 radical (unpaired) electrons. The van der Waals surface area contributed by atoms with Crippen molar-refractivity contribution < 1.29 is 13.0 Å². The van der Waals surface area contributed by atoms with Gasteiger partial charge >= 0.3 is 0 Å². The minimum Gasteiger partial charge on any atom is -0.311 e. The van der Waals surface area contributed by atoms with Crippen molar-refractivity contribution in [1.29, 1.82) is 0 Å². The maximum Gasteiger partial charge on any atom is 0.150 e. The van der Waals surface area contributed by atoms with Gasteiger partial charge in [0.15, 0.2) is 9.84 Å². The van der Waals surface area contributed by atoms with Gasteiger partial charge in [-0.05, 0) is 25.8 Å². The maximum absolute atomic E-state index is 11.2. The summed E-state index contributed by atoms with van der Waals surface area (Å²) in [6.07, 6.45) is 0.755. The molecule has 7 heteroatoms. The highest BCUT2D eigenvalue weighted by Gasteiger charge is 2.27. The van der Waals surface area contributed by atoms with Crippen LogP contribution < -0.4 is 5.32 Å². The Hall–Kier alpha value is -0.950. The molecule has 2 heterocycles. The SMILES string of the molecule is Cc1nonc1CNCC1CCS(=O)(=O)C1. The first-order chi connectivity index (χ1) is 7.57. The Morgan fingerprint density at radius 1 is 1.50 bits per heavy atom. The fourth-order valence-electron chi connectivity index (χ4n) is 1.84. The Balaban J connectivity index is 1.75. The summed E-state index contributed by atoms with van der Waals surface area (Å²) in [7, 11) is -2.77. The predicted octanol–water partition coefficient (Wildman–Crippen LogP) is -0.0977. The van der Waals surface area contributed by atoms with Gasteiger partial charge in [-0.25, -0.2) is 13.0 Å². The summed E-state index contributed by atoms with van der Waals surface area (Å²) in [4.78, 5) is 0. The van der Waals surface area contributed by atoms with E-state index in [9.17, 15) is 8.42 Å². The second-order valence-electron chi connectivity index (χ2n) is 4.20. The molecule has 1 aliphatic heterocycles. The number of nitrogens with zero attached hydrogens (tertiary/aromatic N) is 2. The molecule has 0 aliphatic carbocycles. The summed E-state index contributed by atoms with van der Waals surface area (Å²) in [6, 6.07) is 0. The zero-order chi connectivity index (χ0) is 11.6. The van der Waals surface area contributed by atoms with Gasteiger partial charge in [-0.2, -0.15) is 0 Å². The first-order valence-corrected chi connectivity index (χ1v) is 7.08. The molecule has 0 aromatic carbocycles. The third-order valence-corrected chi connectivity index (χ3v) is 4.64. The molecule has 1 aromatic rings. The molecule has 1 N–H and O–H groups in total. The van der Waals surface area contributed by atoms with Crippen molar-refractivity contribution in [3.63, 3.8) is 0 Å². The van der Waals surface area contributed by atoms with Crippen LogP contribution in [0.4, 0.5) is 0 Å². The van der Waals surface area contributed by atoms with Crippen molar-refractivity contribution in [2.24, 2.45) is 5.92 Å². The van der Waals surface area contributed by atoms with Gasteiger partial charge in [-0.1, -0.05) is 10.3 Å². The third-order valence-electron chi connectivity index (χ3n) is 2.80. The van der Waals surface area contributed by atoms with Gasteiger partial charge in [0.05, 0.1) is 11.5 Å². The first kappa shape index (κ1) is 11.5. The Morgan fingerprint density at radius 3 is 2.88 bits per heavy atom. The summed E-state index contributed by atoms with van der Waals surface area (Å²) in [5, 5.41) is 10.6. The van der Waals surface area contributed by atoms with Crippen molar-refractivity contribution in [3.05, 3.63) is 11.4 Å². The molecule has 1 unspecified atom stereocenters. The highest BCUT2D eigenvalue weighted by atomic mass is 32.2. The monoisotopic (exact) mass is 245 g/mol. The van der Waals surface area contributed by atoms with Gasteiger partial charge in [0.2, 0.25) is 0 Å². The normalized spacial score (nSPS) is 23.7. The largest absolute Gasteiger partial charge is 0.311 e. The smallest absolute Gasteiger partial charge is 0.150 e. The average molecular weight is 245 g/mol. The van der Waals surface area contributed by atoms with Crippen molar-refractivity contribution in [3.8, 4) is 0 Å². The zero-order valence-electron chi connectivity index (χ0n) is 9.14. The number of aryl methyl sites for hydroxylation is 1. The highest BCUT2D eigenvalue weighted by molar-refractivity contribution is 7.91. The molecule has 1 atom stereocenters. The molecule has 1 fully saturated rings. The molecular formula is C9H15N3O3S. The Bertz CT molecular complexity index is 454. The maximum atomic E-state index is 11.2. The van der Waals surface area contributed by atoms with E-state index in [0.717, 1.165) is 17.8 Å². The van der Waals surface area contributed by atoms with Gasteiger partial charge < -0.3 is 5.32 Å². The lowest BCUT2D eigenvalue weighted by Gasteiger charge is -2.07. The van der Waals surface area contributed by atoms with E-state index in [0.29, 0.717) is 24.6 Å². The third kappa shape index (κ3) is 2.79. The van der Waals surface area contributed by atoms with E-state index in [4.69, 9.17) is 0 Å². The highest BCUT2D eigenvalue weighted by Crippen LogP contribution is 2.17. The van der Waals surface area contributed by atoms with E-state index in [1.165, 1.54) is 0 Å². The van der Waals surface area contributed by atoms with Gasteiger partial charge in [0.25, 0.3) is 0 Å². The molecule has 6 nitrogen and oxygen atoms in total. The Morgan fingerprint density at radius 2 is 2.31 bits per heavy atom. The molecular weight excluding hydrogens is 230 g/mol. The van der Waals surface area contributed by atoms with Gasteiger partial charge in [-0.15, -0.1) is 0 Å². The number of hydrogen-bond acceptors (Lipinski definition) is 6. The van der Waals surface area contributed by atoms with E-state index in [2.05, 4.69) is 20.3 Å². The molecule has 90 valence electrons. The van der Waals surface area contributed by atoms with E-state index >= 15 is 0 Å². The minimum absolute atomic E-state index is 0.227. The van der Waals surface area contributed by atoms with Crippen molar-refractivity contribution in [1.82, 2.24) is 15.6 Å². The number of sulfone groups is 1. The summed E-state index contributed by atoms with van der Waals surface area (Å²) in [6.45, 7) is 3.10. The number of hydrogen-bond donors (Lipinski definition) is 1. The lowest BCUT2D eigenvalue weighted by Crippen LogP contribution is -2.23. The van der Waals surface area contributed by atoms with Crippen LogP contribution in [0.15, 0.2) is 4.63 Å². The van der Waals surface area contributed by atoms with Crippen LogP contribution in [0.1, 0.15) is 17.8 Å². The van der Waals surface area contributed by atoms with Crippen LogP contribution in [0.5, 0.6) is 0 Å². The molecule has 0 bridgehead atoms. The fraction of sp³-hybridized carbons (Fsp3) is 0.778. The molecule has 16 heavy (non-hydrogen) atoms. The van der Waals surface area contributed by atoms with Crippen molar-refractivity contribution >= 4 is 9.84 Å². The van der Waals surface area contributed by atoms with E-state index < -0.39 is 9.84 Å². The molecule has 0 amide bonds. The lowest BCUT2D eigenvalue weighted by molar-refractivity contribution is 0.300. The Kier molecular flexibility index (Phi) is 3.25. The molecule has 2 rings (SSSR count). The summed E-state index contributed by atoms with van der Waals surface area (Å²) >= 11 is 0. The van der Waals surface area contributed by atoms with Crippen LogP contribution in [-0.2, 0) is 16.4 Å². The second-order valence-corrected chi connectivity index (χ2v) is 6.43. The summed E-state index contributed by atoms with van der Waals surface area (Å²) in [5.74, 6) is 0.852. The van der Waals surface area contributed by atoms with Crippen LogP contribution in [-0.4, -0.2) is 36.8 Å². The number of aromatic nitrogens is 2. The number of nitrogens with one attached hydrogen (secondary N) is 1. The molecule has 1 aromatic heterocycles. The first-order valence-electron chi connectivity index (χ1n) is 5.26. The van der Waals surface area contributed by atoms with Crippen LogP contribution in [0.3, 0.4) is 0 Å². The van der Waals surface area contributed by atoms with Crippen molar-refractivity contribution in [2.75, 3.05) is 18.1 Å². The molecule has 0 spiro atoms. The van der Waals surface area contributed by atoms with E-state index in [-0.39, 0.29) is 5.92 Å². The summed E-state index contributed by atoms with van der Waals surface area (Å²) < 4.78 is 27.0. The van der Waals surface area contributed by atoms with E-state index in [1.54, 1.807) is 0 Å². The number of rotatable bonds is 4. The summed E-state index contributed by atoms with van der Waals surface area (Å²) in [5.41, 5.74) is 1.55. The Labute approximate surface area is 94.3 Å². The second kappa shape index (κ2) is 4.50. The minimum atomic E-state index is -2.77. The standard InChI is InChI=1S/C9H15N3O3S/c1-7-9(12-15-11-7)5-10-4-8-2-3-16(13,14)6-8/h8,10H,2-6H2,1H3. The quantitative estimate of drug-likeness (QED) is 0.797. The van der Waals surface area contributed by atoms with Gasteiger partial charge in [0.1, 0.15) is 11.4 Å². The van der Waals surface area contributed by atoms with E-state index in [1.807, 2.05) is 6.92 Å². The molecule has 1 aliphatic rings. The molecule has 0 saturated carbocycles. The van der Waals surface area contributed by atoms with Crippen LogP contribution in [0.2, 0.25) is 0 Å².